The van der Waals surface area contributed by atoms with Gasteiger partial charge in [-0.1, -0.05) is 0 Å². The standard InChI is InChI=1S/C5H5FN2O/c1-3-7-2-4(6)5(9)8-3/h2,4H,1H3. The van der Waals surface area contributed by atoms with Crippen LogP contribution in [-0.4, -0.2) is 24.1 Å². The molecule has 1 atom stereocenters. The van der Waals surface area contributed by atoms with Crippen molar-refractivity contribution in [2.75, 3.05) is 0 Å². The van der Waals surface area contributed by atoms with Crippen LogP contribution in [0.15, 0.2) is 9.98 Å². The van der Waals surface area contributed by atoms with Crippen LogP contribution in [0.5, 0.6) is 0 Å². The van der Waals surface area contributed by atoms with Gasteiger partial charge in [-0.2, -0.15) is 4.99 Å². The molecule has 0 fully saturated rings. The second-order valence-electron chi connectivity index (χ2n) is 1.68. The first kappa shape index (κ1) is 6.07. The van der Waals surface area contributed by atoms with Crippen molar-refractivity contribution in [2.45, 2.75) is 13.1 Å². The minimum atomic E-state index is -1.63. The fourth-order valence-corrected chi connectivity index (χ4v) is 0.487. The largest absolute Gasteiger partial charge is 0.287 e. The van der Waals surface area contributed by atoms with Gasteiger partial charge in [0, 0.05) is 0 Å². The molecule has 3 nitrogen and oxygen atoms in total. The number of amidine groups is 1. The van der Waals surface area contributed by atoms with Crippen LogP contribution in [-0.2, 0) is 4.79 Å². The molecule has 0 radical (unpaired) electrons. The first-order chi connectivity index (χ1) is 4.20. The summed E-state index contributed by atoms with van der Waals surface area (Å²) in [5, 5.41) is 0. The van der Waals surface area contributed by atoms with E-state index >= 15 is 0 Å². The molecule has 0 aliphatic carbocycles. The Labute approximate surface area is 51.3 Å². The fraction of sp³-hybridized carbons (Fsp3) is 0.400. The van der Waals surface area contributed by atoms with Crippen molar-refractivity contribution in [1.29, 1.82) is 0 Å². The summed E-state index contributed by atoms with van der Waals surface area (Å²) in [5.41, 5.74) is 0. The predicted molar refractivity (Wildman–Crippen MR) is 31.5 cm³/mol. The van der Waals surface area contributed by atoms with Gasteiger partial charge in [0.25, 0.3) is 5.91 Å². The highest BCUT2D eigenvalue weighted by molar-refractivity contribution is 6.09. The second kappa shape index (κ2) is 2.05. The number of alkyl halides is 1. The lowest BCUT2D eigenvalue weighted by molar-refractivity contribution is -0.120. The quantitative estimate of drug-likeness (QED) is 0.464. The van der Waals surface area contributed by atoms with Gasteiger partial charge in [0.05, 0.1) is 6.21 Å². The molecule has 9 heavy (non-hydrogen) atoms. The Morgan fingerprint density at radius 1 is 1.78 bits per heavy atom. The fourth-order valence-electron chi connectivity index (χ4n) is 0.487. The van der Waals surface area contributed by atoms with Gasteiger partial charge in [0.1, 0.15) is 5.84 Å². The van der Waals surface area contributed by atoms with Crippen LogP contribution < -0.4 is 0 Å². The Morgan fingerprint density at radius 3 is 2.89 bits per heavy atom. The van der Waals surface area contributed by atoms with Crippen molar-refractivity contribution >= 4 is 18.0 Å². The van der Waals surface area contributed by atoms with E-state index in [1.165, 1.54) is 0 Å². The Hall–Kier alpha value is -1.06. The molecule has 0 saturated heterocycles. The zero-order valence-electron chi connectivity index (χ0n) is 4.84. The summed E-state index contributed by atoms with van der Waals surface area (Å²) >= 11 is 0. The van der Waals surface area contributed by atoms with Gasteiger partial charge in [-0.05, 0) is 6.92 Å². The van der Waals surface area contributed by atoms with E-state index in [1.54, 1.807) is 6.92 Å². The molecule has 48 valence electrons. The van der Waals surface area contributed by atoms with E-state index in [0.717, 1.165) is 6.21 Å². The van der Waals surface area contributed by atoms with Crippen molar-refractivity contribution in [1.82, 2.24) is 0 Å². The molecule has 4 heteroatoms. The lowest BCUT2D eigenvalue weighted by Gasteiger charge is -2.01. The molecule has 1 rings (SSSR count). The monoisotopic (exact) mass is 128 g/mol. The van der Waals surface area contributed by atoms with Crippen LogP contribution in [0.1, 0.15) is 6.92 Å². The van der Waals surface area contributed by atoms with Gasteiger partial charge >= 0.3 is 0 Å². The minimum absolute atomic E-state index is 0.314. The summed E-state index contributed by atoms with van der Waals surface area (Å²) in [5.74, 6) is -0.448. The van der Waals surface area contributed by atoms with Gasteiger partial charge in [0.15, 0.2) is 0 Å². The molecule has 0 saturated carbocycles. The number of nitrogens with zero attached hydrogens (tertiary/aromatic N) is 2. The highest BCUT2D eigenvalue weighted by Gasteiger charge is 2.16. The number of halogens is 1. The summed E-state index contributed by atoms with van der Waals surface area (Å²) in [7, 11) is 0. The molecule has 0 N–H and O–H groups in total. The summed E-state index contributed by atoms with van der Waals surface area (Å²) < 4.78 is 12.1. The first-order valence-electron chi connectivity index (χ1n) is 2.47. The molecule has 0 aromatic carbocycles. The second-order valence-corrected chi connectivity index (χ2v) is 1.68. The number of aliphatic imine (C=N–C) groups is 2. The van der Waals surface area contributed by atoms with Crippen LogP contribution in [0.3, 0.4) is 0 Å². The van der Waals surface area contributed by atoms with E-state index in [1.807, 2.05) is 0 Å². The SMILES string of the molecule is CC1=NC(=O)C(F)C=N1. The smallest absolute Gasteiger partial charge is 0.269 e. The average Bonchev–Trinajstić information content (AvgIpc) is 1.80. The van der Waals surface area contributed by atoms with E-state index in [2.05, 4.69) is 9.98 Å². The lowest BCUT2D eigenvalue weighted by Crippen LogP contribution is -2.20. The summed E-state index contributed by atoms with van der Waals surface area (Å²) in [4.78, 5) is 17.1. The van der Waals surface area contributed by atoms with Crippen LogP contribution in [0, 0.1) is 0 Å². The van der Waals surface area contributed by atoms with Gasteiger partial charge in [0.2, 0.25) is 6.17 Å². The van der Waals surface area contributed by atoms with E-state index in [-0.39, 0.29) is 0 Å². The van der Waals surface area contributed by atoms with Gasteiger partial charge in [-0.3, -0.25) is 4.79 Å². The summed E-state index contributed by atoms with van der Waals surface area (Å²) in [6.07, 6.45) is -0.682. The molecule has 1 aliphatic heterocycles. The van der Waals surface area contributed by atoms with Gasteiger partial charge < -0.3 is 0 Å². The zero-order chi connectivity index (χ0) is 6.85. The van der Waals surface area contributed by atoms with Gasteiger partial charge in [-0.25, -0.2) is 9.38 Å². The maximum atomic E-state index is 12.1. The molecule has 1 aliphatic rings. The Kier molecular flexibility index (Phi) is 1.38. The van der Waals surface area contributed by atoms with E-state index < -0.39 is 12.1 Å². The molecule has 1 unspecified atom stereocenters. The molecule has 0 bridgehead atoms. The molecule has 0 aromatic heterocycles. The Bertz CT molecular complexity index is 197. The van der Waals surface area contributed by atoms with Crippen LogP contribution in [0.4, 0.5) is 4.39 Å². The number of hydrogen-bond donors (Lipinski definition) is 0. The third-order valence-electron chi connectivity index (χ3n) is 0.900. The number of hydrogen-bond acceptors (Lipinski definition) is 2. The number of carbonyl (C=O) groups excluding carboxylic acids is 1. The van der Waals surface area contributed by atoms with Crippen molar-refractivity contribution in [3.8, 4) is 0 Å². The van der Waals surface area contributed by atoms with Crippen molar-refractivity contribution in [3.05, 3.63) is 0 Å². The summed E-state index contributed by atoms with van der Waals surface area (Å²) in [6.45, 7) is 1.54. The van der Waals surface area contributed by atoms with E-state index in [4.69, 9.17) is 0 Å². The van der Waals surface area contributed by atoms with Crippen LogP contribution in [0.25, 0.3) is 0 Å². The Balaban J connectivity index is 2.82. The zero-order valence-corrected chi connectivity index (χ0v) is 4.84. The number of amides is 1. The number of rotatable bonds is 0. The van der Waals surface area contributed by atoms with Crippen LogP contribution >= 0.6 is 0 Å². The van der Waals surface area contributed by atoms with E-state index in [0.29, 0.717) is 5.84 Å². The lowest BCUT2D eigenvalue weighted by atomic mass is 10.3. The normalized spacial score (nSPS) is 26.2. The highest BCUT2D eigenvalue weighted by Crippen LogP contribution is 1.97. The average molecular weight is 128 g/mol. The van der Waals surface area contributed by atoms with Crippen LogP contribution in [0.2, 0.25) is 0 Å². The van der Waals surface area contributed by atoms with E-state index in [9.17, 15) is 9.18 Å². The minimum Gasteiger partial charge on any atom is -0.269 e. The third kappa shape index (κ3) is 1.19. The Morgan fingerprint density at radius 2 is 2.44 bits per heavy atom. The maximum Gasteiger partial charge on any atom is 0.287 e. The topological polar surface area (TPSA) is 41.8 Å². The number of carbonyl (C=O) groups is 1. The molecule has 0 spiro atoms. The molecular weight excluding hydrogens is 123 g/mol. The molecule has 1 amide bonds. The molecular formula is C5H5FN2O. The van der Waals surface area contributed by atoms with Crippen molar-refractivity contribution in [2.24, 2.45) is 9.98 Å². The summed E-state index contributed by atoms with van der Waals surface area (Å²) in [6, 6.07) is 0. The predicted octanol–water partition coefficient (Wildman–Crippen LogP) is 0.354. The van der Waals surface area contributed by atoms with Crippen molar-refractivity contribution < 1.29 is 9.18 Å². The highest BCUT2D eigenvalue weighted by atomic mass is 19.1. The van der Waals surface area contributed by atoms with Crippen molar-refractivity contribution in [3.63, 3.8) is 0 Å². The third-order valence-corrected chi connectivity index (χ3v) is 0.900. The maximum absolute atomic E-state index is 12.1. The van der Waals surface area contributed by atoms with Gasteiger partial charge in [-0.15, -0.1) is 0 Å². The molecule has 0 aromatic rings. The first-order valence-corrected chi connectivity index (χ1v) is 2.47. The molecule has 1 heterocycles.